The number of piperidine rings is 1. The predicted octanol–water partition coefficient (Wildman–Crippen LogP) is 2.53. The number of aromatic nitrogens is 2. The van der Waals surface area contributed by atoms with E-state index in [-0.39, 0.29) is 6.04 Å². The molecule has 1 atom stereocenters. The summed E-state index contributed by atoms with van der Waals surface area (Å²) in [4.78, 5) is 0. The Kier molecular flexibility index (Phi) is 5.33. The first-order valence-corrected chi connectivity index (χ1v) is 9.76. The van der Waals surface area contributed by atoms with Crippen LogP contribution in [0.4, 0.5) is 0 Å². The van der Waals surface area contributed by atoms with Gasteiger partial charge in [0.15, 0.2) is 0 Å². The highest BCUT2D eigenvalue weighted by atomic mass is 32.2. The highest BCUT2D eigenvalue weighted by Crippen LogP contribution is 2.24. The SMILES string of the molecule is CC1CCCCN1S(=O)(=O)N(Cc1ccccc1)Cc1ccn[nH]1. The molecule has 1 N–H and O–H groups in total. The zero-order valence-electron chi connectivity index (χ0n) is 13.9. The largest absolute Gasteiger partial charge is 0.282 e. The highest BCUT2D eigenvalue weighted by Gasteiger charge is 2.34. The summed E-state index contributed by atoms with van der Waals surface area (Å²) in [6.07, 6.45) is 4.58. The Bertz CT molecular complexity index is 731. The Morgan fingerprint density at radius 3 is 2.67 bits per heavy atom. The topological polar surface area (TPSA) is 69.3 Å². The van der Waals surface area contributed by atoms with Crippen LogP contribution in [0, 0.1) is 0 Å². The zero-order valence-corrected chi connectivity index (χ0v) is 14.7. The number of nitrogens with one attached hydrogen (secondary N) is 1. The molecular weight excluding hydrogens is 324 g/mol. The summed E-state index contributed by atoms with van der Waals surface area (Å²) in [5.41, 5.74) is 1.77. The normalized spacial score (nSPS) is 19.7. The van der Waals surface area contributed by atoms with Crippen molar-refractivity contribution in [1.82, 2.24) is 18.8 Å². The minimum Gasteiger partial charge on any atom is -0.281 e. The van der Waals surface area contributed by atoms with Crippen LogP contribution in [0.3, 0.4) is 0 Å². The molecule has 1 aromatic heterocycles. The molecule has 1 unspecified atom stereocenters. The lowest BCUT2D eigenvalue weighted by atomic mass is 10.1. The van der Waals surface area contributed by atoms with Crippen LogP contribution in [0.5, 0.6) is 0 Å². The van der Waals surface area contributed by atoms with Gasteiger partial charge in [-0.3, -0.25) is 5.10 Å². The molecule has 1 fully saturated rings. The van der Waals surface area contributed by atoms with Crippen LogP contribution in [-0.2, 0) is 23.3 Å². The molecule has 130 valence electrons. The Morgan fingerprint density at radius 1 is 1.21 bits per heavy atom. The fourth-order valence-electron chi connectivity index (χ4n) is 3.13. The lowest BCUT2D eigenvalue weighted by Gasteiger charge is -2.36. The molecule has 1 aromatic carbocycles. The van der Waals surface area contributed by atoms with Crippen molar-refractivity contribution < 1.29 is 8.42 Å². The van der Waals surface area contributed by atoms with Crippen LogP contribution in [0.2, 0.25) is 0 Å². The van der Waals surface area contributed by atoms with Gasteiger partial charge in [-0.05, 0) is 31.4 Å². The minimum atomic E-state index is -3.53. The third-order valence-corrected chi connectivity index (χ3v) is 6.52. The van der Waals surface area contributed by atoms with E-state index in [4.69, 9.17) is 0 Å². The second-order valence-corrected chi connectivity index (χ2v) is 8.18. The van der Waals surface area contributed by atoms with Gasteiger partial charge >= 0.3 is 0 Å². The van der Waals surface area contributed by atoms with Gasteiger partial charge in [0.1, 0.15) is 0 Å². The van der Waals surface area contributed by atoms with Crippen molar-refractivity contribution in [3.8, 4) is 0 Å². The van der Waals surface area contributed by atoms with Crippen LogP contribution in [0.1, 0.15) is 37.4 Å². The monoisotopic (exact) mass is 348 g/mol. The van der Waals surface area contributed by atoms with Crippen molar-refractivity contribution in [3.05, 3.63) is 53.9 Å². The van der Waals surface area contributed by atoms with E-state index in [0.29, 0.717) is 19.6 Å². The lowest BCUT2D eigenvalue weighted by Crippen LogP contribution is -2.49. The predicted molar refractivity (Wildman–Crippen MR) is 93.2 cm³/mol. The van der Waals surface area contributed by atoms with E-state index in [0.717, 1.165) is 30.5 Å². The number of aromatic amines is 1. The Labute approximate surface area is 143 Å². The zero-order chi connectivity index (χ0) is 17.0. The van der Waals surface area contributed by atoms with Gasteiger partial charge in [-0.1, -0.05) is 36.8 Å². The van der Waals surface area contributed by atoms with Gasteiger partial charge in [-0.25, -0.2) is 0 Å². The summed E-state index contributed by atoms with van der Waals surface area (Å²) in [5.74, 6) is 0. The van der Waals surface area contributed by atoms with Gasteiger partial charge in [0.05, 0.1) is 12.2 Å². The molecule has 0 spiro atoms. The Morgan fingerprint density at radius 2 is 2.00 bits per heavy atom. The second-order valence-electron chi connectivity index (χ2n) is 6.30. The molecule has 0 radical (unpaired) electrons. The molecule has 1 aliphatic rings. The average molecular weight is 348 g/mol. The van der Waals surface area contributed by atoms with Crippen molar-refractivity contribution in [1.29, 1.82) is 0 Å². The summed E-state index contributed by atoms with van der Waals surface area (Å²) in [6, 6.07) is 11.6. The Hall–Kier alpha value is -1.70. The molecule has 24 heavy (non-hydrogen) atoms. The van der Waals surface area contributed by atoms with Crippen LogP contribution < -0.4 is 0 Å². The molecule has 0 aliphatic carbocycles. The number of hydrogen-bond donors (Lipinski definition) is 1. The van der Waals surface area contributed by atoms with E-state index in [9.17, 15) is 8.42 Å². The molecule has 1 saturated heterocycles. The van der Waals surface area contributed by atoms with Crippen LogP contribution in [0.25, 0.3) is 0 Å². The van der Waals surface area contributed by atoms with E-state index in [2.05, 4.69) is 10.2 Å². The van der Waals surface area contributed by atoms with Crippen molar-refractivity contribution in [2.45, 2.75) is 45.3 Å². The molecule has 3 rings (SSSR count). The van der Waals surface area contributed by atoms with Crippen molar-refractivity contribution >= 4 is 10.2 Å². The average Bonchev–Trinajstić information content (AvgIpc) is 3.08. The van der Waals surface area contributed by atoms with E-state index >= 15 is 0 Å². The first-order chi connectivity index (χ1) is 11.6. The standard InChI is InChI=1S/C17H24N4O2S/c1-15-7-5-6-12-21(15)24(22,23)20(14-17-10-11-18-19-17)13-16-8-3-2-4-9-16/h2-4,8-11,15H,5-7,12-14H2,1H3,(H,18,19). The maximum Gasteiger partial charge on any atom is 0.282 e. The third kappa shape index (κ3) is 3.85. The second kappa shape index (κ2) is 7.46. The molecule has 2 aromatic rings. The van der Waals surface area contributed by atoms with Gasteiger partial charge in [-0.15, -0.1) is 0 Å². The summed E-state index contributed by atoms with van der Waals surface area (Å²) >= 11 is 0. The highest BCUT2D eigenvalue weighted by molar-refractivity contribution is 7.86. The summed E-state index contributed by atoms with van der Waals surface area (Å²) < 4.78 is 29.7. The van der Waals surface area contributed by atoms with E-state index < -0.39 is 10.2 Å². The molecule has 2 heterocycles. The molecule has 7 heteroatoms. The Balaban J connectivity index is 1.87. The van der Waals surface area contributed by atoms with E-state index in [1.165, 1.54) is 4.31 Å². The van der Waals surface area contributed by atoms with Gasteiger partial charge in [0.25, 0.3) is 10.2 Å². The quantitative estimate of drug-likeness (QED) is 0.872. The number of rotatable bonds is 6. The molecule has 6 nitrogen and oxygen atoms in total. The van der Waals surface area contributed by atoms with E-state index in [1.54, 1.807) is 10.5 Å². The third-order valence-electron chi connectivity index (χ3n) is 4.47. The van der Waals surface area contributed by atoms with Gasteiger partial charge in [0, 0.05) is 25.3 Å². The molecular formula is C17H24N4O2S. The summed E-state index contributed by atoms with van der Waals surface area (Å²) in [7, 11) is -3.53. The molecule has 1 aliphatic heterocycles. The van der Waals surface area contributed by atoms with Crippen molar-refractivity contribution in [2.75, 3.05) is 6.54 Å². The van der Waals surface area contributed by atoms with Gasteiger partial charge in [-0.2, -0.15) is 22.1 Å². The minimum absolute atomic E-state index is 0.0452. The van der Waals surface area contributed by atoms with Gasteiger partial charge in [0.2, 0.25) is 0 Å². The van der Waals surface area contributed by atoms with Crippen molar-refractivity contribution in [3.63, 3.8) is 0 Å². The summed E-state index contributed by atoms with van der Waals surface area (Å²) in [5, 5.41) is 6.80. The van der Waals surface area contributed by atoms with Crippen LogP contribution in [-0.4, -0.2) is 39.8 Å². The lowest BCUT2D eigenvalue weighted by molar-refractivity contribution is 0.240. The molecule has 0 amide bonds. The van der Waals surface area contributed by atoms with Crippen LogP contribution >= 0.6 is 0 Å². The first-order valence-electron chi connectivity index (χ1n) is 8.36. The van der Waals surface area contributed by atoms with Crippen molar-refractivity contribution in [2.24, 2.45) is 0 Å². The maximum absolute atomic E-state index is 13.2. The number of hydrogen-bond acceptors (Lipinski definition) is 3. The molecule has 0 saturated carbocycles. The van der Waals surface area contributed by atoms with Gasteiger partial charge < -0.3 is 0 Å². The fourth-order valence-corrected chi connectivity index (χ4v) is 4.96. The maximum atomic E-state index is 13.2. The number of nitrogens with zero attached hydrogens (tertiary/aromatic N) is 3. The first kappa shape index (κ1) is 17.1. The smallest absolute Gasteiger partial charge is 0.281 e. The number of benzene rings is 1. The van der Waals surface area contributed by atoms with Crippen LogP contribution in [0.15, 0.2) is 42.6 Å². The summed E-state index contributed by atoms with van der Waals surface area (Å²) in [6.45, 7) is 3.23. The fraction of sp³-hybridized carbons (Fsp3) is 0.471. The van der Waals surface area contributed by atoms with E-state index in [1.807, 2.05) is 43.3 Å². The molecule has 0 bridgehead atoms. The number of H-pyrrole nitrogens is 1.